The molecule has 0 saturated heterocycles. The number of hydrogen-bond acceptors (Lipinski definition) is 6. The third-order valence-corrected chi connectivity index (χ3v) is 4.41. The van der Waals surface area contributed by atoms with Gasteiger partial charge in [-0.25, -0.2) is 9.78 Å². The van der Waals surface area contributed by atoms with Crippen LogP contribution in [0.2, 0.25) is 5.02 Å². The van der Waals surface area contributed by atoms with E-state index in [1.807, 2.05) is 19.1 Å². The molecular weight excluding hydrogens is 396 g/mol. The number of carbonyl (C=O) groups excluding carboxylic acids is 2. The molecule has 8 heteroatoms. The summed E-state index contributed by atoms with van der Waals surface area (Å²) in [7, 11) is 2.79. The van der Waals surface area contributed by atoms with E-state index < -0.39 is 5.97 Å². The van der Waals surface area contributed by atoms with E-state index in [-0.39, 0.29) is 18.2 Å². The van der Waals surface area contributed by atoms with Crippen LogP contribution in [-0.4, -0.2) is 37.7 Å². The maximum Gasteiger partial charge on any atom is 0.356 e. The first-order chi connectivity index (χ1) is 13.9. The van der Waals surface area contributed by atoms with Crippen LogP contribution in [0.15, 0.2) is 42.5 Å². The number of benzene rings is 2. The smallest absolute Gasteiger partial charge is 0.356 e. The van der Waals surface area contributed by atoms with Crippen molar-refractivity contribution in [1.82, 2.24) is 4.98 Å². The summed E-state index contributed by atoms with van der Waals surface area (Å²) in [6, 6.07) is 11.9. The highest BCUT2D eigenvalue weighted by molar-refractivity contribution is 6.32. The molecule has 0 unspecified atom stereocenters. The van der Waals surface area contributed by atoms with E-state index in [1.165, 1.54) is 20.3 Å². The second-order valence-corrected chi connectivity index (χ2v) is 6.61. The highest BCUT2D eigenvalue weighted by Gasteiger charge is 2.15. The third kappa shape index (κ3) is 4.75. The monoisotopic (exact) mass is 414 g/mol. The van der Waals surface area contributed by atoms with Gasteiger partial charge >= 0.3 is 5.97 Å². The molecule has 1 N–H and O–H groups in total. The van der Waals surface area contributed by atoms with E-state index >= 15 is 0 Å². The zero-order chi connectivity index (χ0) is 21.0. The van der Waals surface area contributed by atoms with Crippen molar-refractivity contribution >= 4 is 40.1 Å². The number of nitrogens with one attached hydrogen (secondary N) is 1. The van der Waals surface area contributed by atoms with Gasteiger partial charge in [0.1, 0.15) is 11.5 Å². The van der Waals surface area contributed by atoms with Crippen LogP contribution in [0, 0.1) is 6.92 Å². The van der Waals surface area contributed by atoms with E-state index in [4.69, 9.17) is 25.8 Å². The van der Waals surface area contributed by atoms with Gasteiger partial charge in [-0.05, 0) is 37.3 Å². The number of aryl methyl sites for hydroxylation is 1. The number of amides is 1. The molecule has 0 bridgehead atoms. The number of nitrogens with zero attached hydrogens (tertiary/aromatic N) is 1. The largest absolute Gasteiger partial charge is 0.495 e. The van der Waals surface area contributed by atoms with E-state index in [1.54, 1.807) is 24.3 Å². The first kappa shape index (κ1) is 20.4. The number of ether oxygens (including phenoxy) is 3. The van der Waals surface area contributed by atoms with Gasteiger partial charge in [0.2, 0.25) is 0 Å². The van der Waals surface area contributed by atoms with Crippen LogP contribution in [0.5, 0.6) is 11.5 Å². The summed E-state index contributed by atoms with van der Waals surface area (Å²) < 4.78 is 15.5. The molecule has 2 aromatic carbocycles. The predicted molar refractivity (Wildman–Crippen MR) is 110 cm³/mol. The lowest BCUT2D eigenvalue weighted by Crippen LogP contribution is -2.20. The van der Waals surface area contributed by atoms with Gasteiger partial charge in [-0.3, -0.25) is 4.79 Å². The van der Waals surface area contributed by atoms with Gasteiger partial charge in [0.05, 0.1) is 24.8 Å². The number of hydrogen-bond donors (Lipinski definition) is 1. The highest BCUT2D eigenvalue weighted by atomic mass is 35.5. The molecule has 0 atom stereocenters. The Morgan fingerprint density at radius 2 is 1.86 bits per heavy atom. The molecule has 0 spiro atoms. The molecule has 0 saturated carbocycles. The maximum absolute atomic E-state index is 12.3. The van der Waals surface area contributed by atoms with Gasteiger partial charge in [0, 0.05) is 17.1 Å². The molecule has 3 aromatic rings. The minimum absolute atomic E-state index is 0.0983. The molecular formula is C21H19ClN2O5. The normalized spacial score (nSPS) is 10.5. The lowest BCUT2D eigenvalue weighted by atomic mass is 10.1. The van der Waals surface area contributed by atoms with E-state index in [0.717, 1.165) is 5.56 Å². The summed E-state index contributed by atoms with van der Waals surface area (Å²) in [6.45, 7) is 1.66. The molecule has 7 nitrogen and oxygen atoms in total. The molecule has 1 amide bonds. The van der Waals surface area contributed by atoms with Crippen molar-refractivity contribution in [3.05, 3.63) is 58.7 Å². The second-order valence-electron chi connectivity index (χ2n) is 6.20. The highest BCUT2D eigenvalue weighted by Crippen LogP contribution is 2.28. The summed E-state index contributed by atoms with van der Waals surface area (Å²) in [4.78, 5) is 28.5. The Morgan fingerprint density at radius 3 is 2.55 bits per heavy atom. The van der Waals surface area contributed by atoms with Crippen LogP contribution in [0.3, 0.4) is 0 Å². The van der Waals surface area contributed by atoms with Crippen LogP contribution in [0.4, 0.5) is 5.69 Å². The molecule has 3 rings (SSSR count). The standard InChI is InChI=1S/C21H19ClN2O5/c1-12-4-6-16-14(8-12)19(10-17(24-16)21(26)28-3)29-11-20(25)23-13-5-7-18(27-2)15(22)9-13/h4-10H,11H2,1-3H3,(H,23,25). The Labute approximate surface area is 172 Å². The van der Waals surface area contributed by atoms with Gasteiger partial charge < -0.3 is 19.5 Å². The molecule has 0 aliphatic rings. The zero-order valence-electron chi connectivity index (χ0n) is 16.1. The van der Waals surface area contributed by atoms with Crippen LogP contribution in [-0.2, 0) is 9.53 Å². The molecule has 150 valence electrons. The third-order valence-electron chi connectivity index (χ3n) is 4.12. The fraction of sp³-hybridized carbons (Fsp3) is 0.190. The molecule has 0 fully saturated rings. The SMILES string of the molecule is COC(=O)c1cc(OCC(=O)Nc2ccc(OC)c(Cl)c2)c2cc(C)ccc2n1. The van der Waals surface area contributed by atoms with Crippen molar-refractivity contribution in [3.63, 3.8) is 0 Å². The average Bonchev–Trinajstić information content (AvgIpc) is 2.71. The molecule has 0 radical (unpaired) electrons. The number of fused-ring (bicyclic) bond motifs is 1. The van der Waals surface area contributed by atoms with E-state index in [2.05, 4.69) is 10.3 Å². The van der Waals surface area contributed by atoms with Crippen molar-refractivity contribution in [2.75, 3.05) is 26.1 Å². The summed E-state index contributed by atoms with van der Waals surface area (Å²) in [5, 5.41) is 3.77. The number of rotatable bonds is 6. The van der Waals surface area contributed by atoms with E-state index in [0.29, 0.717) is 33.1 Å². The van der Waals surface area contributed by atoms with Crippen molar-refractivity contribution in [2.45, 2.75) is 6.92 Å². The fourth-order valence-electron chi connectivity index (χ4n) is 2.72. The van der Waals surface area contributed by atoms with Crippen molar-refractivity contribution < 1.29 is 23.8 Å². The lowest BCUT2D eigenvalue weighted by molar-refractivity contribution is -0.118. The van der Waals surface area contributed by atoms with Gasteiger partial charge in [0.25, 0.3) is 5.91 Å². The number of pyridine rings is 1. The predicted octanol–water partition coefficient (Wildman–Crippen LogP) is 4.01. The fourth-order valence-corrected chi connectivity index (χ4v) is 2.98. The number of esters is 1. The molecule has 1 aromatic heterocycles. The van der Waals surface area contributed by atoms with Crippen LogP contribution in [0.1, 0.15) is 16.1 Å². The minimum Gasteiger partial charge on any atom is -0.495 e. The van der Waals surface area contributed by atoms with Gasteiger partial charge in [-0.1, -0.05) is 23.2 Å². The molecule has 0 aliphatic heterocycles. The number of carbonyl (C=O) groups is 2. The molecule has 29 heavy (non-hydrogen) atoms. The second kappa shape index (κ2) is 8.79. The number of methoxy groups -OCH3 is 2. The number of halogens is 1. The van der Waals surface area contributed by atoms with Crippen molar-refractivity contribution in [2.24, 2.45) is 0 Å². The lowest BCUT2D eigenvalue weighted by Gasteiger charge is -2.12. The summed E-state index contributed by atoms with van der Waals surface area (Å²) >= 11 is 6.07. The maximum atomic E-state index is 12.3. The quantitative estimate of drug-likeness (QED) is 0.613. The summed E-state index contributed by atoms with van der Waals surface area (Å²) in [6.07, 6.45) is 0. The van der Waals surface area contributed by atoms with E-state index in [9.17, 15) is 9.59 Å². The van der Waals surface area contributed by atoms with Crippen LogP contribution in [0.25, 0.3) is 10.9 Å². The molecule has 1 heterocycles. The van der Waals surface area contributed by atoms with Crippen LogP contribution >= 0.6 is 11.6 Å². The Balaban J connectivity index is 1.80. The van der Waals surface area contributed by atoms with Crippen molar-refractivity contribution in [3.8, 4) is 11.5 Å². The summed E-state index contributed by atoms with van der Waals surface area (Å²) in [5.41, 5.74) is 2.17. The number of aromatic nitrogens is 1. The Bertz CT molecular complexity index is 1080. The van der Waals surface area contributed by atoms with Crippen molar-refractivity contribution in [1.29, 1.82) is 0 Å². The zero-order valence-corrected chi connectivity index (χ0v) is 16.9. The topological polar surface area (TPSA) is 86.8 Å². The summed E-state index contributed by atoms with van der Waals surface area (Å²) in [5.74, 6) is -0.102. The minimum atomic E-state index is -0.588. The Kier molecular flexibility index (Phi) is 6.19. The van der Waals surface area contributed by atoms with Gasteiger partial charge in [0.15, 0.2) is 12.3 Å². The first-order valence-electron chi connectivity index (χ1n) is 8.67. The van der Waals surface area contributed by atoms with Gasteiger partial charge in [-0.15, -0.1) is 0 Å². The Morgan fingerprint density at radius 1 is 1.07 bits per heavy atom. The molecule has 0 aliphatic carbocycles. The van der Waals surface area contributed by atoms with Crippen LogP contribution < -0.4 is 14.8 Å². The Hall–Kier alpha value is -3.32. The van der Waals surface area contributed by atoms with Gasteiger partial charge in [-0.2, -0.15) is 0 Å². The number of anilines is 1. The first-order valence-corrected chi connectivity index (χ1v) is 9.05. The average molecular weight is 415 g/mol.